The predicted molar refractivity (Wildman–Crippen MR) is 63.3 cm³/mol. The van der Waals surface area contributed by atoms with E-state index in [9.17, 15) is 4.79 Å². The Bertz CT molecular complexity index is 257. The van der Waals surface area contributed by atoms with Crippen molar-refractivity contribution in [2.24, 2.45) is 11.8 Å². The van der Waals surface area contributed by atoms with E-state index >= 15 is 0 Å². The summed E-state index contributed by atoms with van der Waals surface area (Å²) >= 11 is 0. The van der Waals surface area contributed by atoms with Gasteiger partial charge in [0.25, 0.3) is 0 Å². The lowest BCUT2D eigenvalue weighted by molar-refractivity contribution is -0.128. The molecule has 2 rings (SSSR count). The highest BCUT2D eigenvalue weighted by Gasteiger charge is 2.44. The fourth-order valence-electron chi connectivity index (χ4n) is 3.13. The van der Waals surface area contributed by atoms with Crippen LogP contribution in [0.25, 0.3) is 0 Å². The Kier molecular flexibility index (Phi) is 3.04. The van der Waals surface area contributed by atoms with Gasteiger partial charge in [0.2, 0.25) is 0 Å². The zero-order valence-electron chi connectivity index (χ0n) is 10.1. The highest BCUT2D eigenvalue weighted by atomic mass is 28.4. The van der Waals surface area contributed by atoms with Gasteiger partial charge in [-0.15, -0.1) is 0 Å². The van der Waals surface area contributed by atoms with Crippen LogP contribution >= 0.6 is 0 Å². The van der Waals surface area contributed by atoms with E-state index in [1.54, 1.807) is 0 Å². The fraction of sp³-hybridized carbons (Fsp3) is 0.917. The minimum absolute atomic E-state index is 0.255. The van der Waals surface area contributed by atoms with Crippen LogP contribution in [0.3, 0.4) is 0 Å². The fourth-order valence-corrected chi connectivity index (χ4v) is 4.30. The van der Waals surface area contributed by atoms with Gasteiger partial charge in [0.1, 0.15) is 5.78 Å². The van der Waals surface area contributed by atoms with Gasteiger partial charge in [-0.2, -0.15) is 0 Å². The van der Waals surface area contributed by atoms with E-state index in [0.717, 1.165) is 19.3 Å². The topological polar surface area (TPSA) is 26.3 Å². The Labute approximate surface area is 93.5 Å². The molecule has 3 heteroatoms. The maximum atomic E-state index is 11.9. The first-order valence-corrected chi connectivity index (χ1v) is 9.59. The summed E-state index contributed by atoms with van der Waals surface area (Å²) < 4.78 is 6.16. The van der Waals surface area contributed by atoms with Crippen molar-refractivity contribution in [3.8, 4) is 0 Å². The van der Waals surface area contributed by atoms with Crippen LogP contribution < -0.4 is 0 Å². The molecule has 2 aliphatic rings. The largest absolute Gasteiger partial charge is 0.414 e. The van der Waals surface area contributed by atoms with Gasteiger partial charge in [-0.25, -0.2) is 0 Å². The normalized spacial score (nSPS) is 36.7. The second-order valence-corrected chi connectivity index (χ2v) is 10.5. The Morgan fingerprint density at radius 1 is 1.20 bits per heavy atom. The van der Waals surface area contributed by atoms with E-state index < -0.39 is 8.32 Å². The van der Waals surface area contributed by atoms with Crippen LogP contribution in [0.5, 0.6) is 0 Å². The molecule has 0 heterocycles. The number of hydrogen-bond acceptors (Lipinski definition) is 2. The van der Waals surface area contributed by atoms with Crippen molar-refractivity contribution in [3.05, 3.63) is 0 Å². The van der Waals surface area contributed by atoms with Gasteiger partial charge in [0.15, 0.2) is 8.32 Å². The van der Waals surface area contributed by atoms with Crippen molar-refractivity contribution in [1.29, 1.82) is 0 Å². The van der Waals surface area contributed by atoms with Crippen LogP contribution in [0.4, 0.5) is 0 Å². The molecule has 3 atom stereocenters. The molecule has 0 bridgehead atoms. The third-order valence-electron chi connectivity index (χ3n) is 3.61. The molecule has 0 aliphatic heterocycles. The lowest BCUT2D eigenvalue weighted by atomic mass is 9.80. The van der Waals surface area contributed by atoms with Crippen molar-refractivity contribution < 1.29 is 9.22 Å². The molecular formula is C12H22O2Si. The minimum Gasteiger partial charge on any atom is -0.414 e. The Morgan fingerprint density at radius 3 is 2.60 bits per heavy atom. The summed E-state index contributed by atoms with van der Waals surface area (Å²) in [7, 11) is -1.48. The number of rotatable bonds is 2. The minimum atomic E-state index is -1.48. The summed E-state index contributed by atoms with van der Waals surface area (Å²) in [5, 5.41) is 0. The molecule has 0 aromatic carbocycles. The lowest BCUT2D eigenvalue weighted by Crippen LogP contribution is -2.39. The first-order valence-electron chi connectivity index (χ1n) is 6.18. The number of fused-ring (bicyclic) bond motifs is 1. The molecule has 86 valence electrons. The maximum Gasteiger partial charge on any atom is 0.184 e. The first kappa shape index (κ1) is 11.3. The SMILES string of the molecule is C[Si](C)(C)OC1CC[C@@H]2CCCC(=O)[C@H]12. The van der Waals surface area contributed by atoms with Gasteiger partial charge >= 0.3 is 0 Å². The van der Waals surface area contributed by atoms with Gasteiger partial charge < -0.3 is 4.43 Å². The van der Waals surface area contributed by atoms with E-state index in [1.807, 2.05) is 0 Å². The smallest absolute Gasteiger partial charge is 0.184 e. The van der Waals surface area contributed by atoms with Crippen LogP contribution in [-0.4, -0.2) is 20.2 Å². The van der Waals surface area contributed by atoms with Gasteiger partial charge in [0, 0.05) is 12.3 Å². The molecule has 0 radical (unpaired) electrons. The van der Waals surface area contributed by atoms with Crippen molar-refractivity contribution in [2.45, 2.75) is 57.8 Å². The third-order valence-corrected chi connectivity index (χ3v) is 4.62. The van der Waals surface area contributed by atoms with Gasteiger partial charge in [-0.05, 0) is 51.2 Å². The first-order chi connectivity index (χ1) is 6.97. The Hall–Kier alpha value is -0.153. The molecule has 0 amide bonds. The zero-order valence-corrected chi connectivity index (χ0v) is 11.1. The van der Waals surface area contributed by atoms with E-state index in [-0.39, 0.29) is 12.0 Å². The molecule has 0 aromatic rings. The molecule has 2 fully saturated rings. The van der Waals surface area contributed by atoms with Crippen molar-refractivity contribution >= 4 is 14.1 Å². The van der Waals surface area contributed by atoms with Gasteiger partial charge in [-0.3, -0.25) is 4.79 Å². The van der Waals surface area contributed by atoms with Crippen molar-refractivity contribution in [1.82, 2.24) is 0 Å². The average Bonchev–Trinajstić information content (AvgIpc) is 2.47. The number of Topliss-reactive ketones (excluding diaryl/α,β-unsaturated/α-hetero) is 1. The summed E-state index contributed by atoms with van der Waals surface area (Å²) in [6.45, 7) is 6.65. The highest BCUT2D eigenvalue weighted by Crippen LogP contribution is 2.42. The van der Waals surface area contributed by atoms with Crippen LogP contribution in [0.15, 0.2) is 0 Å². The standard InChI is InChI=1S/C12H22O2Si/c1-15(2,3)14-11-8-7-9-5-4-6-10(13)12(9)11/h9,11-12H,4-8H2,1-3H3/t9-,11?,12+/m0/s1. The van der Waals surface area contributed by atoms with Crippen LogP contribution in [0, 0.1) is 11.8 Å². The quantitative estimate of drug-likeness (QED) is 0.677. The Balaban J connectivity index is 2.05. The second-order valence-electron chi connectivity index (χ2n) is 5.99. The number of hydrogen-bond donors (Lipinski definition) is 0. The average molecular weight is 226 g/mol. The number of ketones is 1. The molecular weight excluding hydrogens is 204 g/mol. The summed E-state index contributed by atoms with van der Waals surface area (Å²) in [4.78, 5) is 11.9. The molecule has 0 spiro atoms. The second kappa shape index (κ2) is 4.02. The molecule has 0 N–H and O–H groups in total. The highest BCUT2D eigenvalue weighted by molar-refractivity contribution is 6.69. The summed E-state index contributed by atoms with van der Waals surface area (Å²) in [5.74, 6) is 1.38. The Morgan fingerprint density at radius 2 is 1.93 bits per heavy atom. The van der Waals surface area contributed by atoms with E-state index in [2.05, 4.69) is 19.6 Å². The third kappa shape index (κ3) is 2.51. The molecule has 0 aromatic heterocycles. The number of carbonyl (C=O) groups excluding carboxylic acids is 1. The lowest BCUT2D eigenvalue weighted by Gasteiger charge is -2.31. The summed E-state index contributed by atoms with van der Waals surface area (Å²) in [6.07, 6.45) is 5.75. The monoisotopic (exact) mass is 226 g/mol. The molecule has 2 nitrogen and oxygen atoms in total. The van der Waals surface area contributed by atoms with E-state index in [1.165, 1.54) is 12.8 Å². The zero-order chi connectivity index (χ0) is 11.1. The van der Waals surface area contributed by atoms with Crippen molar-refractivity contribution in [2.75, 3.05) is 0 Å². The molecule has 0 saturated heterocycles. The van der Waals surface area contributed by atoms with Crippen LogP contribution in [-0.2, 0) is 9.22 Å². The van der Waals surface area contributed by atoms with Gasteiger partial charge in [0.05, 0.1) is 6.10 Å². The maximum absolute atomic E-state index is 11.9. The van der Waals surface area contributed by atoms with Crippen LogP contribution in [0.1, 0.15) is 32.1 Å². The van der Waals surface area contributed by atoms with Crippen molar-refractivity contribution in [3.63, 3.8) is 0 Å². The summed E-state index contributed by atoms with van der Waals surface area (Å²) in [5.41, 5.74) is 0. The van der Waals surface area contributed by atoms with Crippen LogP contribution in [0.2, 0.25) is 19.6 Å². The molecule has 2 saturated carbocycles. The molecule has 1 unspecified atom stereocenters. The number of carbonyl (C=O) groups is 1. The summed E-state index contributed by atoms with van der Waals surface area (Å²) in [6, 6.07) is 0. The van der Waals surface area contributed by atoms with E-state index in [4.69, 9.17) is 4.43 Å². The van der Waals surface area contributed by atoms with Gasteiger partial charge in [-0.1, -0.05) is 0 Å². The molecule has 2 aliphatic carbocycles. The molecule has 15 heavy (non-hydrogen) atoms. The predicted octanol–water partition coefficient (Wildman–Crippen LogP) is 2.99. The van der Waals surface area contributed by atoms with E-state index in [0.29, 0.717) is 11.7 Å².